The van der Waals surface area contributed by atoms with Gasteiger partial charge in [0, 0.05) is 28.8 Å². The number of hydrogen-bond acceptors (Lipinski definition) is 10. The van der Waals surface area contributed by atoms with Gasteiger partial charge < -0.3 is 30.7 Å². The van der Waals surface area contributed by atoms with E-state index in [1.165, 1.54) is 19.4 Å². The molecule has 0 atom stereocenters. The topological polar surface area (TPSA) is 156 Å². The first kappa shape index (κ1) is 23.8. The van der Waals surface area contributed by atoms with E-state index in [4.69, 9.17) is 13.6 Å². The molecule has 41 heavy (non-hydrogen) atoms. The minimum absolute atomic E-state index is 0.0713. The molecule has 0 saturated heterocycles. The van der Waals surface area contributed by atoms with Crippen LogP contribution in [-0.4, -0.2) is 54.1 Å². The zero-order valence-electron chi connectivity index (χ0n) is 25.0. The molecule has 0 bridgehead atoms. The molecule has 0 aliphatic heterocycles. The van der Waals surface area contributed by atoms with Gasteiger partial charge in [0.15, 0.2) is 17.3 Å². The summed E-state index contributed by atoms with van der Waals surface area (Å²) in [7, 11) is 3.01. The van der Waals surface area contributed by atoms with Gasteiger partial charge in [-0.2, -0.15) is 0 Å². The highest BCUT2D eigenvalue weighted by Gasteiger charge is 2.30. The first-order chi connectivity index (χ1) is 21.0. The third kappa shape index (κ3) is 6.25. The Kier molecular flexibility index (Phi) is 6.97. The van der Waals surface area contributed by atoms with Crippen LogP contribution in [0.1, 0.15) is 37.1 Å². The van der Waals surface area contributed by atoms with Crippen LogP contribution in [0.3, 0.4) is 0 Å². The van der Waals surface area contributed by atoms with E-state index in [9.17, 15) is 14.4 Å². The van der Waals surface area contributed by atoms with Crippen molar-refractivity contribution < 1.29 is 28.0 Å². The molecule has 1 aliphatic carbocycles. The summed E-state index contributed by atoms with van der Waals surface area (Å²) in [6.45, 7) is -2.77. The molecule has 5 rings (SSSR count). The number of anilines is 4. The fourth-order valence-electron chi connectivity index (χ4n) is 3.89. The van der Waals surface area contributed by atoms with Crippen molar-refractivity contribution in [1.29, 1.82) is 0 Å². The maximum Gasteiger partial charge on any atom is 0.273 e. The minimum atomic E-state index is -2.77. The molecule has 1 aliphatic rings. The predicted molar refractivity (Wildman–Crippen MR) is 155 cm³/mol. The minimum Gasteiger partial charge on any atom is -0.497 e. The maximum atomic E-state index is 12.9. The highest BCUT2D eigenvalue weighted by Crippen LogP contribution is 2.40. The molecule has 210 valence electrons. The number of nitrogens with one attached hydrogen (secondary N) is 4. The number of carbonyl (C=O) groups excluding carboxylic acids is 3. The molecule has 2 aromatic carbocycles. The lowest BCUT2D eigenvalue weighted by atomic mass is 10.1. The summed E-state index contributed by atoms with van der Waals surface area (Å²) < 4.78 is 33.1. The smallest absolute Gasteiger partial charge is 0.273 e. The zero-order valence-corrected chi connectivity index (χ0v) is 22.8. The van der Waals surface area contributed by atoms with Crippen LogP contribution in [0.2, 0.25) is 0 Å². The molecule has 1 fully saturated rings. The molecule has 1 saturated carbocycles. The van der Waals surface area contributed by atoms with Gasteiger partial charge in [0.05, 0.1) is 37.4 Å². The van der Waals surface area contributed by atoms with E-state index in [0.717, 1.165) is 24.2 Å². The quantitative estimate of drug-likeness (QED) is 0.216. The molecule has 3 amide bonds. The third-order valence-corrected chi connectivity index (χ3v) is 7.15. The Morgan fingerprint density at radius 2 is 1.78 bits per heavy atom. The van der Waals surface area contributed by atoms with Crippen LogP contribution in [0.4, 0.5) is 22.9 Å². The van der Waals surface area contributed by atoms with Crippen LogP contribution in [-0.2, 0) is 4.79 Å². The van der Waals surface area contributed by atoms with Crippen molar-refractivity contribution in [2.24, 2.45) is 5.92 Å². The molecule has 0 spiro atoms. The number of nitrogens with zero attached hydrogens (tertiary/aromatic N) is 3. The van der Waals surface area contributed by atoms with Crippen molar-refractivity contribution >= 4 is 51.9 Å². The third-order valence-electron chi connectivity index (χ3n) is 6.12. The van der Waals surface area contributed by atoms with Gasteiger partial charge in [0.1, 0.15) is 15.6 Å². The van der Waals surface area contributed by atoms with Gasteiger partial charge in [0.25, 0.3) is 11.8 Å². The van der Waals surface area contributed by atoms with Gasteiger partial charge in [-0.1, -0.05) is 6.07 Å². The van der Waals surface area contributed by atoms with Crippen LogP contribution < -0.4 is 30.7 Å². The van der Waals surface area contributed by atoms with Gasteiger partial charge >= 0.3 is 0 Å². The summed E-state index contributed by atoms with van der Waals surface area (Å²) in [4.78, 5) is 42.8. The van der Waals surface area contributed by atoms with Gasteiger partial charge in [-0.25, -0.2) is 4.98 Å². The van der Waals surface area contributed by atoms with E-state index >= 15 is 0 Å². The number of thiazole rings is 1. The van der Waals surface area contributed by atoms with Crippen LogP contribution in [0.5, 0.6) is 11.5 Å². The Hall–Kier alpha value is -5.04. The molecule has 2 aromatic heterocycles. The Morgan fingerprint density at radius 3 is 2.49 bits per heavy atom. The average molecular weight is 577 g/mol. The first-order valence-corrected chi connectivity index (χ1v) is 13.2. The molecular weight excluding hydrogens is 546 g/mol. The summed E-state index contributed by atoms with van der Waals surface area (Å²) in [5.74, 6) is -0.604. The average Bonchev–Trinajstić information content (AvgIpc) is 3.73. The molecular formula is C28H27N7O5S. The molecule has 13 heteroatoms. The van der Waals surface area contributed by atoms with Crippen LogP contribution >= 0.6 is 11.3 Å². The van der Waals surface area contributed by atoms with Crippen LogP contribution in [0, 0.1) is 5.92 Å². The SMILES string of the molecule is [2H]C([2H])([2H])NC(=O)c1nnc(NC(=O)C2CC2)cc1Nc1cccc(-c2ncc(C(=O)Nc3ccc(OC)cc3)s2)c1OC. The number of carbonyl (C=O) groups is 3. The number of para-hydroxylation sites is 1. The number of rotatable bonds is 10. The Balaban J connectivity index is 1.43. The summed E-state index contributed by atoms with van der Waals surface area (Å²) in [5.41, 5.74) is 1.27. The monoisotopic (exact) mass is 576 g/mol. The lowest BCUT2D eigenvalue weighted by Crippen LogP contribution is -2.22. The summed E-state index contributed by atoms with van der Waals surface area (Å²) >= 11 is 1.15. The van der Waals surface area contributed by atoms with Crippen molar-refractivity contribution in [3.05, 3.63) is 65.3 Å². The van der Waals surface area contributed by atoms with E-state index in [1.54, 1.807) is 49.6 Å². The van der Waals surface area contributed by atoms with Gasteiger partial charge in [0.2, 0.25) is 5.91 Å². The molecule has 0 radical (unpaired) electrons. The summed E-state index contributed by atoms with van der Waals surface area (Å²) in [5, 5.41) is 18.7. The zero-order chi connectivity index (χ0) is 31.4. The van der Waals surface area contributed by atoms with E-state index in [0.29, 0.717) is 38.3 Å². The molecule has 4 aromatic rings. The number of amides is 3. The van der Waals surface area contributed by atoms with Gasteiger partial charge in [-0.05, 0) is 49.2 Å². The van der Waals surface area contributed by atoms with Crippen LogP contribution in [0.15, 0.2) is 54.7 Å². The number of benzene rings is 2. The van der Waals surface area contributed by atoms with Crippen molar-refractivity contribution in [3.8, 4) is 22.1 Å². The van der Waals surface area contributed by atoms with E-state index in [-0.39, 0.29) is 34.9 Å². The van der Waals surface area contributed by atoms with E-state index in [1.807, 2.05) is 5.32 Å². The van der Waals surface area contributed by atoms with Crippen molar-refractivity contribution in [3.63, 3.8) is 0 Å². The predicted octanol–water partition coefficient (Wildman–Crippen LogP) is 4.32. The maximum absolute atomic E-state index is 12.9. The Morgan fingerprint density at radius 1 is 0.976 bits per heavy atom. The van der Waals surface area contributed by atoms with Crippen molar-refractivity contribution in [2.45, 2.75) is 12.8 Å². The van der Waals surface area contributed by atoms with Crippen molar-refractivity contribution in [1.82, 2.24) is 20.5 Å². The number of aromatic nitrogens is 3. The standard InChI is InChI=1S/C28H27N7O5S/c1-29-27(38)23-20(13-22(34-35-23)33-25(36)15-7-8-15)32-19-6-4-5-18(24(19)40-3)28-30-14-21(41-28)26(37)31-16-9-11-17(39-2)12-10-16/h4-6,9-15H,7-8H2,1-3H3,(H,29,38)(H,31,37)(H2,32,33,34,36)/i1D3. The first-order valence-electron chi connectivity index (χ1n) is 13.9. The van der Waals surface area contributed by atoms with Crippen LogP contribution in [0.25, 0.3) is 10.6 Å². The van der Waals surface area contributed by atoms with E-state index in [2.05, 4.69) is 31.1 Å². The largest absolute Gasteiger partial charge is 0.497 e. The summed E-state index contributed by atoms with van der Waals surface area (Å²) in [6, 6.07) is 13.4. The Labute approximate surface area is 243 Å². The van der Waals surface area contributed by atoms with E-state index < -0.39 is 12.9 Å². The fraction of sp³-hybridized carbons (Fsp3) is 0.214. The number of methoxy groups -OCH3 is 2. The normalized spacial score (nSPS) is 13.7. The van der Waals surface area contributed by atoms with Crippen molar-refractivity contribution in [2.75, 3.05) is 37.1 Å². The van der Waals surface area contributed by atoms with Gasteiger partial charge in [-0.3, -0.25) is 14.4 Å². The Bertz CT molecular complexity index is 1710. The second-order valence-electron chi connectivity index (χ2n) is 8.93. The highest BCUT2D eigenvalue weighted by molar-refractivity contribution is 7.17. The number of hydrogen-bond donors (Lipinski definition) is 4. The lowest BCUT2D eigenvalue weighted by molar-refractivity contribution is -0.117. The fourth-order valence-corrected chi connectivity index (χ4v) is 4.72. The highest BCUT2D eigenvalue weighted by atomic mass is 32.1. The molecule has 4 N–H and O–H groups in total. The second kappa shape index (κ2) is 12.0. The molecule has 12 nitrogen and oxygen atoms in total. The second-order valence-corrected chi connectivity index (χ2v) is 9.96. The van der Waals surface area contributed by atoms with Gasteiger partial charge in [-0.15, -0.1) is 21.5 Å². The summed E-state index contributed by atoms with van der Waals surface area (Å²) in [6.07, 6.45) is 3.00. The number of ether oxygens (including phenoxy) is 2. The molecule has 0 unspecified atom stereocenters. The lowest BCUT2D eigenvalue weighted by Gasteiger charge is -2.16. The molecule has 2 heterocycles.